The normalized spacial score (nSPS) is 17.2. The Morgan fingerprint density at radius 3 is 2.95 bits per heavy atom. The molecule has 0 aromatic carbocycles. The molecule has 1 atom stereocenters. The Morgan fingerprint density at radius 1 is 1.53 bits per heavy atom. The molecule has 104 valence electrons. The lowest BCUT2D eigenvalue weighted by atomic mass is 10.2. The number of hydrogen-bond acceptors (Lipinski definition) is 5. The third-order valence-corrected chi connectivity index (χ3v) is 3.54. The summed E-state index contributed by atoms with van der Waals surface area (Å²) >= 11 is 0. The lowest BCUT2D eigenvalue weighted by Crippen LogP contribution is -2.40. The van der Waals surface area contributed by atoms with Gasteiger partial charge in [-0.05, 0) is 38.9 Å². The topological polar surface area (TPSA) is 83.3 Å². The van der Waals surface area contributed by atoms with Crippen LogP contribution in [-0.4, -0.2) is 41.5 Å². The van der Waals surface area contributed by atoms with Crippen LogP contribution in [-0.2, 0) is 0 Å². The molecule has 0 bridgehead atoms. The minimum atomic E-state index is -0.124. The Balaban J connectivity index is 1.90. The molecule has 2 rings (SSSR count). The number of carbonyl (C=O) groups excluding carboxylic acids is 1. The van der Waals surface area contributed by atoms with Crippen molar-refractivity contribution < 1.29 is 4.79 Å². The Morgan fingerprint density at radius 2 is 2.26 bits per heavy atom. The molecule has 0 aliphatic carbocycles. The summed E-state index contributed by atoms with van der Waals surface area (Å²) in [5, 5.41) is 2.95. The van der Waals surface area contributed by atoms with Crippen molar-refractivity contribution >= 4 is 11.6 Å². The predicted octanol–water partition coefficient (Wildman–Crippen LogP) is 0.581. The standard InChI is InChI=1S/C13H21N5O/c1-10(18-6-2-3-7-18)8-16-13(19)11-4-5-15-9-12(11)17-14/h4-5,9-10,17H,2-3,6-8,14H2,1H3,(H,16,19). The summed E-state index contributed by atoms with van der Waals surface area (Å²) in [6.45, 7) is 5.04. The van der Waals surface area contributed by atoms with Crippen molar-refractivity contribution in [1.29, 1.82) is 0 Å². The minimum Gasteiger partial charge on any atom is -0.350 e. The number of nitrogens with two attached hydrogens (primary N) is 1. The molecule has 1 aliphatic heterocycles. The van der Waals surface area contributed by atoms with Crippen molar-refractivity contribution in [2.24, 2.45) is 5.84 Å². The molecule has 1 aliphatic rings. The van der Waals surface area contributed by atoms with Crippen molar-refractivity contribution in [3.63, 3.8) is 0 Å². The van der Waals surface area contributed by atoms with Crippen molar-refractivity contribution in [1.82, 2.24) is 15.2 Å². The van der Waals surface area contributed by atoms with E-state index in [1.165, 1.54) is 12.8 Å². The van der Waals surface area contributed by atoms with Gasteiger partial charge in [-0.1, -0.05) is 0 Å². The second-order valence-corrected chi connectivity index (χ2v) is 4.87. The smallest absolute Gasteiger partial charge is 0.253 e. The number of amides is 1. The maximum Gasteiger partial charge on any atom is 0.253 e. The largest absolute Gasteiger partial charge is 0.350 e. The third-order valence-electron chi connectivity index (χ3n) is 3.54. The fourth-order valence-electron chi connectivity index (χ4n) is 2.35. The van der Waals surface area contributed by atoms with Gasteiger partial charge in [-0.2, -0.15) is 0 Å². The highest BCUT2D eigenvalue weighted by Gasteiger charge is 2.19. The Labute approximate surface area is 113 Å². The van der Waals surface area contributed by atoms with Crippen LogP contribution in [0.2, 0.25) is 0 Å². The summed E-state index contributed by atoms with van der Waals surface area (Å²) in [6, 6.07) is 2.02. The van der Waals surface area contributed by atoms with Crippen LogP contribution in [0.3, 0.4) is 0 Å². The fourth-order valence-corrected chi connectivity index (χ4v) is 2.35. The summed E-state index contributed by atoms with van der Waals surface area (Å²) in [5.74, 6) is 5.24. The van der Waals surface area contributed by atoms with Gasteiger partial charge in [0.25, 0.3) is 5.91 Å². The summed E-state index contributed by atoms with van der Waals surface area (Å²) in [6.07, 6.45) is 5.63. The number of anilines is 1. The number of carbonyl (C=O) groups is 1. The van der Waals surface area contributed by atoms with E-state index < -0.39 is 0 Å². The van der Waals surface area contributed by atoms with Gasteiger partial charge in [0.05, 0.1) is 17.4 Å². The predicted molar refractivity (Wildman–Crippen MR) is 74.6 cm³/mol. The maximum absolute atomic E-state index is 12.1. The average molecular weight is 263 g/mol. The number of pyridine rings is 1. The van der Waals surface area contributed by atoms with Crippen LogP contribution < -0.4 is 16.6 Å². The van der Waals surface area contributed by atoms with Gasteiger partial charge in [0, 0.05) is 18.8 Å². The first kappa shape index (κ1) is 13.8. The number of rotatable bonds is 5. The number of nitrogen functional groups attached to an aromatic ring is 1. The molecule has 1 aromatic heterocycles. The molecule has 1 unspecified atom stereocenters. The van der Waals surface area contributed by atoms with Crippen molar-refractivity contribution in [3.05, 3.63) is 24.0 Å². The van der Waals surface area contributed by atoms with E-state index in [0.29, 0.717) is 23.8 Å². The van der Waals surface area contributed by atoms with Gasteiger partial charge >= 0.3 is 0 Å². The first-order valence-electron chi connectivity index (χ1n) is 6.65. The number of aromatic nitrogens is 1. The molecule has 19 heavy (non-hydrogen) atoms. The van der Waals surface area contributed by atoms with E-state index >= 15 is 0 Å². The summed E-state index contributed by atoms with van der Waals surface area (Å²) < 4.78 is 0. The van der Waals surface area contributed by atoms with Crippen LogP contribution in [0.15, 0.2) is 18.5 Å². The van der Waals surface area contributed by atoms with Gasteiger partial charge in [0.15, 0.2) is 0 Å². The maximum atomic E-state index is 12.1. The van der Waals surface area contributed by atoms with Crippen LogP contribution in [0.5, 0.6) is 0 Å². The quantitative estimate of drug-likeness (QED) is 0.535. The second-order valence-electron chi connectivity index (χ2n) is 4.87. The van der Waals surface area contributed by atoms with E-state index in [-0.39, 0.29) is 5.91 Å². The molecular formula is C13H21N5O. The monoisotopic (exact) mass is 263 g/mol. The molecule has 4 N–H and O–H groups in total. The zero-order valence-corrected chi connectivity index (χ0v) is 11.2. The van der Waals surface area contributed by atoms with Gasteiger partial charge in [0.2, 0.25) is 0 Å². The Hall–Kier alpha value is -1.66. The van der Waals surface area contributed by atoms with Gasteiger partial charge in [-0.25, -0.2) is 0 Å². The average Bonchev–Trinajstić information content (AvgIpc) is 2.98. The molecule has 0 radical (unpaired) electrons. The fraction of sp³-hybridized carbons (Fsp3) is 0.538. The van der Waals surface area contributed by atoms with Crippen LogP contribution in [0.4, 0.5) is 5.69 Å². The zero-order chi connectivity index (χ0) is 13.7. The van der Waals surface area contributed by atoms with Crippen LogP contribution in [0.1, 0.15) is 30.1 Å². The van der Waals surface area contributed by atoms with E-state index in [9.17, 15) is 4.79 Å². The van der Waals surface area contributed by atoms with E-state index in [2.05, 4.69) is 27.6 Å². The number of nitrogens with zero attached hydrogens (tertiary/aromatic N) is 2. The molecule has 1 saturated heterocycles. The van der Waals surface area contributed by atoms with Crippen LogP contribution in [0.25, 0.3) is 0 Å². The highest BCUT2D eigenvalue weighted by molar-refractivity contribution is 5.99. The summed E-state index contributed by atoms with van der Waals surface area (Å²) in [7, 11) is 0. The minimum absolute atomic E-state index is 0.124. The molecule has 1 fully saturated rings. The molecule has 6 heteroatoms. The molecule has 6 nitrogen and oxygen atoms in total. The second kappa shape index (κ2) is 6.49. The lowest BCUT2D eigenvalue weighted by molar-refractivity contribution is 0.0941. The van der Waals surface area contributed by atoms with Gasteiger partial charge in [0.1, 0.15) is 0 Å². The lowest BCUT2D eigenvalue weighted by Gasteiger charge is -2.24. The van der Waals surface area contributed by atoms with E-state index in [1.807, 2.05) is 0 Å². The van der Waals surface area contributed by atoms with Gasteiger partial charge in [-0.15, -0.1) is 0 Å². The van der Waals surface area contributed by atoms with Crippen LogP contribution >= 0.6 is 0 Å². The SMILES string of the molecule is CC(CNC(=O)c1ccncc1NN)N1CCCC1. The van der Waals surface area contributed by atoms with E-state index in [1.54, 1.807) is 18.5 Å². The molecule has 1 aromatic rings. The number of hydrazine groups is 1. The van der Waals surface area contributed by atoms with E-state index in [0.717, 1.165) is 13.1 Å². The third kappa shape index (κ3) is 3.42. The number of hydrogen-bond donors (Lipinski definition) is 3. The van der Waals surface area contributed by atoms with Crippen molar-refractivity contribution in [2.75, 3.05) is 25.1 Å². The number of likely N-dealkylation sites (tertiary alicyclic amines) is 1. The molecule has 1 amide bonds. The summed E-state index contributed by atoms with van der Waals surface area (Å²) in [5.41, 5.74) is 3.54. The van der Waals surface area contributed by atoms with Gasteiger partial charge < -0.3 is 10.7 Å². The first-order chi connectivity index (χ1) is 9.22. The van der Waals surface area contributed by atoms with Crippen molar-refractivity contribution in [2.45, 2.75) is 25.8 Å². The van der Waals surface area contributed by atoms with E-state index in [4.69, 9.17) is 5.84 Å². The molecule has 0 saturated carbocycles. The van der Waals surface area contributed by atoms with Crippen LogP contribution in [0, 0.1) is 0 Å². The first-order valence-corrected chi connectivity index (χ1v) is 6.65. The molecule has 2 heterocycles. The Kier molecular flexibility index (Phi) is 4.70. The summed E-state index contributed by atoms with van der Waals surface area (Å²) in [4.78, 5) is 18.4. The highest BCUT2D eigenvalue weighted by atomic mass is 16.1. The zero-order valence-electron chi connectivity index (χ0n) is 11.2. The Bertz CT molecular complexity index is 431. The molecular weight excluding hydrogens is 242 g/mol. The number of nitrogens with one attached hydrogen (secondary N) is 2. The van der Waals surface area contributed by atoms with Gasteiger partial charge in [-0.3, -0.25) is 20.5 Å². The highest BCUT2D eigenvalue weighted by Crippen LogP contribution is 2.13. The molecule has 0 spiro atoms. The van der Waals surface area contributed by atoms with Crippen molar-refractivity contribution in [3.8, 4) is 0 Å².